The molecule has 7 heteroatoms. The van der Waals surface area contributed by atoms with Crippen molar-refractivity contribution in [1.82, 2.24) is 5.32 Å². The largest absolute Gasteiger partial charge is 0.326 e. The Kier molecular flexibility index (Phi) is 6.47. The van der Waals surface area contributed by atoms with Crippen LogP contribution in [0.3, 0.4) is 0 Å². The number of carbonyl (C=O) groups excluding carboxylic acids is 2. The van der Waals surface area contributed by atoms with E-state index >= 15 is 0 Å². The zero-order chi connectivity index (χ0) is 21.8. The SMILES string of the molecule is O=C(NC(=O)c1c(Cl)cccc1Cl)Nc1ccc(Sc2cccc3ccccc23)cc1. The Morgan fingerprint density at radius 2 is 1.39 bits per heavy atom. The number of urea groups is 1. The zero-order valence-electron chi connectivity index (χ0n) is 16.1. The predicted molar refractivity (Wildman–Crippen MR) is 127 cm³/mol. The molecule has 31 heavy (non-hydrogen) atoms. The lowest BCUT2D eigenvalue weighted by atomic mass is 10.1. The van der Waals surface area contributed by atoms with Gasteiger partial charge in [0.05, 0.1) is 15.6 Å². The molecule has 0 spiro atoms. The first kappa shape index (κ1) is 21.2. The van der Waals surface area contributed by atoms with Crippen LogP contribution in [0.5, 0.6) is 0 Å². The third-order valence-corrected chi connectivity index (χ3v) is 6.22. The Hall–Kier alpha value is -2.99. The van der Waals surface area contributed by atoms with Crippen molar-refractivity contribution >= 4 is 63.4 Å². The Morgan fingerprint density at radius 3 is 2.13 bits per heavy atom. The van der Waals surface area contributed by atoms with Gasteiger partial charge in [-0.2, -0.15) is 0 Å². The second-order valence-corrected chi connectivity index (χ2v) is 8.54. The standard InChI is InChI=1S/C24H16Cl2N2O2S/c25-19-8-4-9-20(26)22(19)23(29)28-24(30)27-16-11-13-17(14-12-16)31-21-10-3-6-15-5-1-2-7-18(15)21/h1-14H,(H2,27,28,29,30). The lowest BCUT2D eigenvalue weighted by molar-refractivity contribution is 0.0967. The van der Waals surface area contributed by atoms with Gasteiger partial charge in [-0.15, -0.1) is 0 Å². The van der Waals surface area contributed by atoms with Crippen LogP contribution in [0.1, 0.15) is 10.4 Å². The third kappa shape index (κ3) is 5.02. The summed E-state index contributed by atoms with van der Waals surface area (Å²) in [6.07, 6.45) is 0. The first-order valence-corrected chi connectivity index (χ1v) is 10.9. The number of halogens is 2. The van der Waals surface area contributed by atoms with Gasteiger partial charge in [-0.25, -0.2) is 4.79 Å². The van der Waals surface area contributed by atoms with Crippen molar-refractivity contribution in [3.63, 3.8) is 0 Å². The summed E-state index contributed by atoms with van der Waals surface area (Å²) in [5.41, 5.74) is 0.612. The molecule has 0 bridgehead atoms. The number of fused-ring (bicyclic) bond motifs is 1. The van der Waals surface area contributed by atoms with Gasteiger partial charge < -0.3 is 5.32 Å². The Morgan fingerprint density at radius 1 is 0.742 bits per heavy atom. The van der Waals surface area contributed by atoms with Crippen LogP contribution in [-0.2, 0) is 0 Å². The number of hydrogen-bond acceptors (Lipinski definition) is 3. The summed E-state index contributed by atoms with van der Waals surface area (Å²) in [6.45, 7) is 0. The van der Waals surface area contributed by atoms with Crippen molar-refractivity contribution in [2.24, 2.45) is 0 Å². The minimum absolute atomic E-state index is 0.0582. The normalized spacial score (nSPS) is 10.6. The number of amides is 3. The fourth-order valence-corrected chi connectivity index (χ4v) is 4.60. The first-order valence-electron chi connectivity index (χ1n) is 9.33. The van der Waals surface area contributed by atoms with Crippen LogP contribution in [0, 0.1) is 0 Å². The monoisotopic (exact) mass is 466 g/mol. The topological polar surface area (TPSA) is 58.2 Å². The molecule has 0 saturated heterocycles. The van der Waals surface area contributed by atoms with Gasteiger partial charge in [0, 0.05) is 15.5 Å². The molecule has 4 aromatic carbocycles. The van der Waals surface area contributed by atoms with Crippen LogP contribution in [0.4, 0.5) is 10.5 Å². The van der Waals surface area contributed by atoms with Crippen LogP contribution in [0.15, 0.2) is 94.7 Å². The van der Waals surface area contributed by atoms with Crippen LogP contribution in [0.25, 0.3) is 10.8 Å². The average Bonchev–Trinajstić information content (AvgIpc) is 2.75. The summed E-state index contributed by atoms with van der Waals surface area (Å²) in [5, 5.41) is 7.60. The molecular formula is C24H16Cl2N2O2S. The highest BCUT2D eigenvalue weighted by atomic mass is 35.5. The number of nitrogens with one attached hydrogen (secondary N) is 2. The molecule has 0 atom stereocenters. The fraction of sp³-hybridized carbons (Fsp3) is 0. The van der Waals surface area contributed by atoms with Crippen LogP contribution < -0.4 is 10.6 Å². The van der Waals surface area contributed by atoms with Gasteiger partial charge in [0.15, 0.2) is 0 Å². The van der Waals surface area contributed by atoms with Gasteiger partial charge in [-0.3, -0.25) is 10.1 Å². The number of carbonyl (C=O) groups is 2. The van der Waals surface area contributed by atoms with Crippen LogP contribution in [0.2, 0.25) is 10.0 Å². The van der Waals surface area contributed by atoms with E-state index in [1.165, 1.54) is 22.9 Å². The van der Waals surface area contributed by atoms with Crippen molar-refractivity contribution in [3.05, 3.63) is 101 Å². The van der Waals surface area contributed by atoms with E-state index in [0.29, 0.717) is 5.69 Å². The molecule has 4 nitrogen and oxygen atoms in total. The van der Waals surface area contributed by atoms with E-state index in [0.717, 1.165) is 9.79 Å². The maximum absolute atomic E-state index is 12.3. The van der Waals surface area contributed by atoms with Gasteiger partial charge in [0.25, 0.3) is 5.91 Å². The second-order valence-electron chi connectivity index (χ2n) is 6.61. The van der Waals surface area contributed by atoms with Crippen molar-refractivity contribution in [2.75, 3.05) is 5.32 Å². The molecule has 4 aromatic rings. The number of hydrogen-bond donors (Lipinski definition) is 2. The molecule has 0 aliphatic carbocycles. The van der Waals surface area contributed by atoms with E-state index in [-0.39, 0.29) is 15.6 Å². The lowest BCUT2D eigenvalue weighted by Crippen LogP contribution is -2.34. The summed E-state index contributed by atoms with van der Waals surface area (Å²) in [7, 11) is 0. The molecule has 0 aliphatic heterocycles. The van der Waals surface area contributed by atoms with Crippen molar-refractivity contribution in [1.29, 1.82) is 0 Å². The number of benzene rings is 4. The quantitative estimate of drug-likeness (QED) is 0.332. The maximum Gasteiger partial charge on any atom is 0.326 e. The average molecular weight is 467 g/mol. The van der Waals surface area contributed by atoms with Gasteiger partial charge in [0.2, 0.25) is 0 Å². The van der Waals surface area contributed by atoms with E-state index in [2.05, 4.69) is 34.9 Å². The summed E-state index contributed by atoms with van der Waals surface area (Å²) < 4.78 is 0. The second kappa shape index (κ2) is 9.43. The van der Waals surface area contributed by atoms with E-state index in [1.807, 2.05) is 30.3 Å². The number of anilines is 1. The summed E-state index contributed by atoms with van der Waals surface area (Å²) in [4.78, 5) is 26.7. The highest BCUT2D eigenvalue weighted by Gasteiger charge is 2.17. The van der Waals surface area contributed by atoms with E-state index in [9.17, 15) is 9.59 Å². The molecule has 4 rings (SSSR count). The number of rotatable bonds is 4. The molecule has 154 valence electrons. The highest BCUT2D eigenvalue weighted by molar-refractivity contribution is 7.99. The smallest absolute Gasteiger partial charge is 0.308 e. The van der Waals surface area contributed by atoms with Crippen molar-refractivity contribution < 1.29 is 9.59 Å². The maximum atomic E-state index is 12.3. The van der Waals surface area contributed by atoms with Gasteiger partial charge in [-0.1, -0.05) is 77.4 Å². The predicted octanol–water partition coefficient (Wildman–Crippen LogP) is 7.26. The molecule has 2 N–H and O–H groups in total. The minimum atomic E-state index is -0.671. The van der Waals surface area contributed by atoms with E-state index < -0.39 is 11.9 Å². The van der Waals surface area contributed by atoms with E-state index in [4.69, 9.17) is 23.2 Å². The molecule has 0 unspecified atom stereocenters. The van der Waals surface area contributed by atoms with Gasteiger partial charge in [-0.05, 0) is 53.2 Å². The Labute approximate surface area is 193 Å². The van der Waals surface area contributed by atoms with Gasteiger partial charge in [0.1, 0.15) is 0 Å². The van der Waals surface area contributed by atoms with Crippen LogP contribution in [-0.4, -0.2) is 11.9 Å². The Balaban J connectivity index is 1.41. The molecular weight excluding hydrogens is 451 g/mol. The molecule has 3 amide bonds. The molecule has 0 fully saturated rings. The molecule has 0 radical (unpaired) electrons. The molecule has 0 saturated carbocycles. The minimum Gasteiger partial charge on any atom is -0.308 e. The zero-order valence-corrected chi connectivity index (χ0v) is 18.4. The highest BCUT2D eigenvalue weighted by Crippen LogP contribution is 2.34. The molecule has 0 aliphatic rings. The van der Waals surface area contributed by atoms with Crippen LogP contribution >= 0.6 is 35.0 Å². The van der Waals surface area contributed by atoms with Crippen molar-refractivity contribution in [3.8, 4) is 0 Å². The lowest BCUT2D eigenvalue weighted by Gasteiger charge is -2.10. The van der Waals surface area contributed by atoms with Gasteiger partial charge >= 0.3 is 6.03 Å². The molecule has 0 aromatic heterocycles. The summed E-state index contributed by atoms with van der Waals surface area (Å²) in [5.74, 6) is -0.670. The molecule has 0 heterocycles. The number of imide groups is 1. The summed E-state index contributed by atoms with van der Waals surface area (Å²) in [6, 6.07) is 25.8. The third-order valence-electron chi connectivity index (χ3n) is 4.51. The van der Waals surface area contributed by atoms with Crippen molar-refractivity contribution in [2.45, 2.75) is 9.79 Å². The Bertz CT molecular complexity index is 1250. The first-order chi connectivity index (χ1) is 15.0. The van der Waals surface area contributed by atoms with E-state index in [1.54, 1.807) is 30.0 Å². The summed E-state index contributed by atoms with van der Waals surface area (Å²) >= 11 is 13.7. The fourth-order valence-electron chi connectivity index (χ4n) is 3.06.